The first kappa shape index (κ1) is 37.3. The van der Waals surface area contributed by atoms with E-state index in [9.17, 15) is 14.4 Å². The maximum atomic E-state index is 13.4. The maximum absolute atomic E-state index is 13.4. The van der Waals surface area contributed by atoms with Gasteiger partial charge in [0.25, 0.3) is 0 Å². The number of allylic oxidation sites excluding steroid dienone is 3. The molecule has 8 heteroatoms. The molecule has 0 fully saturated rings. The number of unbranched alkanes of at least 4 members (excludes halogenated alkanes) is 7. The van der Waals surface area contributed by atoms with Crippen LogP contribution in [0.5, 0.6) is 5.75 Å². The Morgan fingerprint density at radius 2 is 1.53 bits per heavy atom. The van der Waals surface area contributed by atoms with Crippen LogP contribution in [0, 0.1) is 0 Å². The van der Waals surface area contributed by atoms with Gasteiger partial charge in [-0.3, -0.25) is 0 Å². The second-order valence-corrected chi connectivity index (χ2v) is 11.5. The van der Waals surface area contributed by atoms with Crippen molar-refractivity contribution >= 4 is 23.5 Å². The molecule has 0 radical (unpaired) electrons. The Hall–Kier alpha value is -4.17. The van der Waals surface area contributed by atoms with Gasteiger partial charge in [-0.05, 0) is 87.4 Å². The zero-order valence-electron chi connectivity index (χ0n) is 28.0. The van der Waals surface area contributed by atoms with Gasteiger partial charge in [0.2, 0.25) is 5.60 Å². The van der Waals surface area contributed by atoms with Crippen molar-refractivity contribution in [3.8, 4) is 5.75 Å². The molecule has 2 unspecified atom stereocenters. The van der Waals surface area contributed by atoms with Gasteiger partial charge < -0.3 is 23.7 Å². The number of hydrogen-bond donors (Lipinski definition) is 0. The van der Waals surface area contributed by atoms with Gasteiger partial charge in [0.15, 0.2) is 6.10 Å². The van der Waals surface area contributed by atoms with Gasteiger partial charge in [0.1, 0.15) is 5.75 Å². The van der Waals surface area contributed by atoms with E-state index in [4.69, 9.17) is 23.7 Å². The van der Waals surface area contributed by atoms with Crippen molar-refractivity contribution in [2.24, 2.45) is 0 Å². The fourth-order valence-electron chi connectivity index (χ4n) is 5.01. The fourth-order valence-corrected chi connectivity index (χ4v) is 5.01. The topological polar surface area (TPSA) is 97.4 Å². The molecule has 2 atom stereocenters. The molecule has 2 aromatic carbocycles. The van der Waals surface area contributed by atoms with Crippen molar-refractivity contribution in [3.05, 3.63) is 96.6 Å². The molecule has 0 saturated heterocycles. The van der Waals surface area contributed by atoms with Crippen molar-refractivity contribution in [2.75, 3.05) is 26.4 Å². The van der Waals surface area contributed by atoms with Crippen molar-refractivity contribution < 1.29 is 38.1 Å². The third-order valence-electron chi connectivity index (χ3n) is 7.78. The highest BCUT2D eigenvalue weighted by Gasteiger charge is 2.44. The third-order valence-corrected chi connectivity index (χ3v) is 7.78. The highest BCUT2D eigenvalue weighted by atomic mass is 16.6. The SMILES string of the molecule is C=CCCCCOCCCCCCCCOc1ccc(C(=O)OC2(C(=O)OC(C)C(=O)OCC)C=CC(c3ccccc3)=CC2)cc1. The average molecular weight is 647 g/mol. The molecule has 2 aromatic rings. The highest BCUT2D eigenvalue weighted by Crippen LogP contribution is 2.32. The Morgan fingerprint density at radius 1 is 0.872 bits per heavy atom. The van der Waals surface area contributed by atoms with E-state index in [2.05, 4.69) is 6.58 Å². The summed E-state index contributed by atoms with van der Waals surface area (Å²) in [5.74, 6) is -1.58. The van der Waals surface area contributed by atoms with Crippen LogP contribution in [0.25, 0.3) is 5.57 Å². The lowest BCUT2D eigenvalue weighted by Crippen LogP contribution is -2.45. The molecular weight excluding hydrogens is 596 g/mol. The van der Waals surface area contributed by atoms with E-state index in [1.807, 2.05) is 42.5 Å². The lowest BCUT2D eigenvalue weighted by molar-refractivity contribution is -0.176. The molecule has 0 saturated carbocycles. The largest absolute Gasteiger partial charge is 0.494 e. The van der Waals surface area contributed by atoms with Gasteiger partial charge in [-0.1, -0.05) is 74.2 Å². The minimum absolute atomic E-state index is 0.0409. The molecule has 0 aliphatic heterocycles. The van der Waals surface area contributed by atoms with Crippen LogP contribution in [0.4, 0.5) is 0 Å². The van der Waals surface area contributed by atoms with Crippen molar-refractivity contribution in [1.82, 2.24) is 0 Å². The van der Waals surface area contributed by atoms with Crippen molar-refractivity contribution in [2.45, 2.75) is 89.8 Å². The van der Waals surface area contributed by atoms with E-state index in [1.54, 1.807) is 37.3 Å². The molecule has 0 bridgehead atoms. The van der Waals surface area contributed by atoms with E-state index in [1.165, 1.54) is 25.8 Å². The lowest BCUT2D eigenvalue weighted by Gasteiger charge is -2.31. The summed E-state index contributed by atoms with van der Waals surface area (Å²) in [5.41, 5.74) is 0.346. The normalized spacial score (nSPS) is 16.1. The van der Waals surface area contributed by atoms with Gasteiger partial charge in [-0.25, -0.2) is 14.4 Å². The second-order valence-electron chi connectivity index (χ2n) is 11.5. The highest BCUT2D eigenvalue weighted by molar-refractivity contribution is 5.95. The number of esters is 3. The second kappa shape index (κ2) is 20.9. The van der Waals surface area contributed by atoms with Crippen LogP contribution in [0.3, 0.4) is 0 Å². The number of hydrogen-bond acceptors (Lipinski definition) is 8. The summed E-state index contributed by atoms with van der Waals surface area (Å²) in [7, 11) is 0. The molecule has 254 valence electrons. The van der Waals surface area contributed by atoms with Crippen LogP contribution in [-0.2, 0) is 28.5 Å². The summed E-state index contributed by atoms with van der Waals surface area (Å²) in [6.07, 6.45) is 15.9. The summed E-state index contributed by atoms with van der Waals surface area (Å²) in [4.78, 5) is 38.8. The minimum Gasteiger partial charge on any atom is -0.494 e. The smallest absolute Gasteiger partial charge is 0.355 e. The van der Waals surface area contributed by atoms with Gasteiger partial charge in [-0.2, -0.15) is 0 Å². The summed E-state index contributed by atoms with van der Waals surface area (Å²) in [5, 5.41) is 0. The van der Waals surface area contributed by atoms with Crippen LogP contribution in [0.1, 0.15) is 94.0 Å². The Balaban J connectivity index is 1.46. The van der Waals surface area contributed by atoms with E-state index < -0.39 is 29.6 Å². The summed E-state index contributed by atoms with van der Waals surface area (Å²) < 4.78 is 27.8. The van der Waals surface area contributed by atoms with Crippen LogP contribution in [0.2, 0.25) is 0 Å². The molecule has 0 heterocycles. The summed E-state index contributed by atoms with van der Waals surface area (Å²) >= 11 is 0. The van der Waals surface area contributed by atoms with Crippen LogP contribution >= 0.6 is 0 Å². The average Bonchev–Trinajstić information content (AvgIpc) is 3.09. The predicted octanol–water partition coefficient (Wildman–Crippen LogP) is 8.21. The molecule has 1 aliphatic carbocycles. The number of benzene rings is 2. The Kier molecular flexibility index (Phi) is 16.5. The standard InChI is InChI=1S/C39H50O8/c1-4-6-7-15-28-43-29-16-10-8-9-11-17-30-45-35-22-20-34(21-23-35)37(41)47-39(38(42)46-31(3)36(40)44-5-2)26-24-33(25-27-39)32-18-13-12-14-19-32/h4,12-14,18-26,31H,1,5-11,15-17,27-30H2,2-3H3. The number of ether oxygens (including phenoxy) is 5. The summed E-state index contributed by atoms with van der Waals surface area (Å²) in [6, 6.07) is 16.3. The molecule has 0 N–H and O–H groups in total. The zero-order chi connectivity index (χ0) is 33.7. The van der Waals surface area contributed by atoms with Gasteiger partial charge >= 0.3 is 17.9 Å². The number of rotatable bonds is 22. The maximum Gasteiger partial charge on any atom is 0.355 e. The molecule has 8 nitrogen and oxygen atoms in total. The Bertz CT molecular complexity index is 1310. The first-order valence-corrected chi connectivity index (χ1v) is 16.9. The molecule has 47 heavy (non-hydrogen) atoms. The van der Waals surface area contributed by atoms with Gasteiger partial charge in [-0.15, -0.1) is 6.58 Å². The Morgan fingerprint density at radius 3 is 2.17 bits per heavy atom. The summed E-state index contributed by atoms with van der Waals surface area (Å²) in [6.45, 7) is 9.24. The fraction of sp³-hybridized carbons (Fsp3) is 0.462. The quantitative estimate of drug-likeness (QED) is 0.0547. The van der Waals surface area contributed by atoms with Gasteiger partial charge in [0, 0.05) is 19.6 Å². The monoisotopic (exact) mass is 646 g/mol. The van der Waals surface area contributed by atoms with Crippen LogP contribution in [-0.4, -0.2) is 56.0 Å². The molecule has 0 amide bonds. The molecule has 3 rings (SSSR count). The van der Waals surface area contributed by atoms with Crippen LogP contribution < -0.4 is 4.74 Å². The van der Waals surface area contributed by atoms with Crippen molar-refractivity contribution in [1.29, 1.82) is 0 Å². The first-order chi connectivity index (χ1) is 22.9. The molecule has 1 aliphatic rings. The third kappa shape index (κ3) is 12.9. The van der Waals surface area contributed by atoms with E-state index in [-0.39, 0.29) is 18.6 Å². The van der Waals surface area contributed by atoms with E-state index >= 15 is 0 Å². The lowest BCUT2D eigenvalue weighted by atomic mass is 9.89. The van der Waals surface area contributed by atoms with Gasteiger partial charge in [0.05, 0.1) is 18.8 Å². The van der Waals surface area contributed by atoms with E-state index in [0.29, 0.717) is 12.4 Å². The number of carbonyl (C=O) groups excluding carboxylic acids is 3. The van der Waals surface area contributed by atoms with Crippen LogP contribution in [0.15, 0.2) is 85.5 Å². The predicted molar refractivity (Wildman–Crippen MR) is 183 cm³/mol. The van der Waals surface area contributed by atoms with Crippen molar-refractivity contribution in [3.63, 3.8) is 0 Å². The zero-order valence-corrected chi connectivity index (χ0v) is 28.0. The Labute approximate surface area is 279 Å². The van der Waals surface area contributed by atoms with E-state index in [0.717, 1.165) is 69.3 Å². The molecule has 0 spiro atoms. The number of carbonyl (C=O) groups is 3. The molecule has 0 aromatic heterocycles. The minimum atomic E-state index is -1.75. The molecular formula is C39H50O8. The first-order valence-electron chi connectivity index (χ1n) is 16.9.